The van der Waals surface area contributed by atoms with E-state index in [0.29, 0.717) is 35.7 Å². The molecule has 1 heterocycles. The van der Waals surface area contributed by atoms with Crippen molar-refractivity contribution in [3.63, 3.8) is 0 Å². The molecule has 0 aromatic heterocycles. The lowest BCUT2D eigenvalue weighted by Crippen LogP contribution is -2.32. The van der Waals surface area contributed by atoms with Crippen molar-refractivity contribution in [1.82, 2.24) is 0 Å². The lowest BCUT2D eigenvalue weighted by Gasteiger charge is -2.31. The van der Waals surface area contributed by atoms with Gasteiger partial charge in [0.2, 0.25) is 0 Å². The quantitative estimate of drug-likeness (QED) is 0.681. The van der Waals surface area contributed by atoms with E-state index >= 15 is 0 Å². The SMILES string of the molecule is C=C1OC(C(C)C)C(C(C)C(C)C)C1C. The van der Waals surface area contributed by atoms with Crippen LogP contribution in [-0.2, 0) is 4.74 Å². The van der Waals surface area contributed by atoms with E-state index in [2.05, 4.69) is 48.1 Å². The van der Waals surface area contributed by atoms with E-state index in [1.54, 1.807) is 0 Å². The van der Waals surface area contributed by atoms with E-state index in [-0.39, 0.29) is 0 Å². The predicted molar refractivity (Wildman–Crippen MR) is 65.5 cm³/mol. The van der Waals surface area contributed by atoms with Gasteiger partial charge in [-0.25, -0.2) is 0 Å². The predicted octanol–water partition coefficient (Wildman–Crippen LogP) is 4.10. The van der Waals surface area contributed by atoms with Gasteiger partial charge in [-0.15, -0.1) is 0 Å². The maximum Gasteiger partial charge on any atom is 0.104 e. The Kier molecular flexibility index (Phi) is 3.86. The number of rotatable bonds is 3. The first kappa shape index (κ1) is 12.6. The molecule has 1 nitrogen and oxygen atoms in total. The second-order valence-electron chi connectivity index (χ2n) is 5.76. The highest BCUT2D eigenvalue weighted by molar-refractivity contribution is 5.04. The molecule has 1 fully saturated rings. The fourth-order valence-electron chi connectivity index (χ4n) is 2.64. The summed E-state index contributed by atoms with van der Waals surface area (Å²) in [6, 6.07) is 0. The smallest absolute Gasteiger partial charge is 0.104 e. The van der Waals surface area contributed by atoms with Crippen molar-refractivity contribution in [2.75, 3.05) is 0 Å². The zero-order chi connectivity index (χ0) is 11.7. The number of ether oxygens (including phenoxy) is 1. The van der Waals surface area contributed by atoms with Crippen molar-refractivity contribution in [3.05, 3.63) is 12.3 Å². The molecule has 1 aliphatic rings. The molecular formula is C14H26O. The largest absolute Gasteiger partial charge is 0.495 e. The second kappa shape index (κ2) is 4.59. The van der Waals surface area contributed by atoms with Gasteiger partial charge in [-0.3, -0.25) is 0 Å². The molecule has 0 amide bonds. The fourth-order valence-corrected chi connectivity index (χ4v) is 2.64. The summed E-state index contributed by atoms with van der Waals surface area (Å²) in [5.41, 5.74) is 0. The average Bonchev–Trinajstić information content (AvgIpc) is 2.42. The molecule has 1 heteroatoms. The first-order valence-corrected chi connectivity index (χ1v) is 6.21. The zero-order valence-electron chi connectivity index (χ0n) is 11.1. The van der Waals surface area contributed by atoms with Crippen LogP contribution in [0.2, 0.25) is 0 Å². The van der Waals surface area contributed by atoms with Gasteiger partial charge in [-0.1, -0.05) is 48.1 Å². The molecule has 0 N–H and O–H groups in total. The Morgan fingerprint density at radius 3 is 2.07 bits per heavy atom. The van der Waals surface area contributed by atoms with Gasteiger partial charge in [0.05, 0.1) is 5.76 Å². The van der Waals surface area contributed by atoms with Gasteiger partial charge in [0.15, 0.2) is 0 Å². The minimum Gasteiger partial charge on any atom is -0.495 e. The van der Waals surface area contributed by atoms with Gasteiger partial charge >= 0.3 is 0 Å². The molecule has 1 aliphatic heterocycles. The van der Waals surface area contributed by atoms with Crippen molar-refractivity contribution in [2.24, 2.45) is 29.6 Å². The van der Waals surface area contributed by atoms with Crippen LogP contribution in [0, 0.1) is 29.6 Å². The van der Waals surface area contributed by atoms with Crippen LogP contribution in [0.3, 0.4) is 0 Å². The Hall–Kier alpha value is -0.460. The fraction of sp³-hybridized carbons (Fsp3) is 0.857. The lowest BCUT2D eigenvalue weighted by molar-refractivity contribution is 0.0568. The van der Waals surface area contributed by atoms with E-state index in [0.717, 1.165) is 5.76 Å². The maximum absolute atomic E-state index is 5.92. The molecule has 0 saturated carbocycles. The van der Waals surface area contributed by atoms with Crippen LogP contribution in [0.1, 0.15) is 41.5 Å². The highest BCUT2D eigenvalue weighted by atomic mass is 16.5. The number of hydrogen-bond donors (Lipinski definition) is 0. The van der Waals surface area contributed by atoms with Gasteiger partial charge < -0.3 is 4.74 Å². The van der Waals surface area contributed by atoms with E-state index in [9.17, 15) is 0 Å². The average molecular weight is 210 g/mol. The molecule has 0 bridgehead atoms. The monoisotopic (exact) mass is 210 g/mol. The van der Waals surface area contributed by atoms with Gasteiger partial charge in [0.25, 0.3) is 0 Å². The molecule has 0 aromatic carbocycles. The summed E-state index contributed by atoms with van der Waals surface area (Å²) in [5, 5.41) is 0. The second-order valence-corrected chi connectivity index (χ2v) is 5.76. The highest BCUT2D eigenvalue weighted by Crippen LogP contribution is 2.43. The normalized spacial score (nSPS) is 33.6. The molecule has 15 heavy (non-hydrogen) atoms. The molecule has 4 atom stereocenters. The first-order chi connectivity index (χ1) is 6.86. The molecule has 0 spiro atoms. The summed E-state index contributed by atoms with van der Waals surface area (Å²) < 4.78 is 5.92. The van der Waals surface area contributed by atoms with Crippen molar-refractivity contribution < 1.29 is 4.74 Å². The van der Waals surface area contributed by atoms with Crippen LogP contribution >= 0.6 is 0 Å². The molecular weight excluding hydrogens is 184 g/mol. The third-order valence-corrected chi connectivity index (χ3v) is 4.07. The van der Waals surface area contributed by atoms with Crippen molar-refractivity contribution >= 4 is 0 Å². The molecule has 0 aliphatic carbocycles. The standard InChI is InChI=1S/C14H26O/c1-8(2)10(5)13-11(6)12(7)15-14(13)9(3)4/h8-11,13-14H,7H2,1-6H3. The molecule has 1 rings (SSSR count). The van der Waals surface area contributed by atoms with Crippen LogP contribution in [-0.4, -0.2) is 6.10 Å². The van der Waals surface area contributed by atoms with E-state index < -0.39 is 0 Å². The number of allylic oxidation sites excluding steroid dienone is 1. The lowest BCUT2D eigenvalue weighted by atomic mass is 9.73. The zero-order valence-corrected chi connectivity index (χ0v) is 11.1. The minimum absolute atomic E-state index is 0.366. The summed E-state index contributed by atoms with van der Waals surface area (Å²) in [7, 11) is 0. The van der Waals surface area contributed by atoms with E-state index in [1.165, 1.54) is 0 Å². The molecule has 4 unspecified atom stereocenters. The summed E-state index contributed by atoms with van der Waals surface area (Å²) in [5.74, 6) is 4.14. The topological polar surface area (TPSA) is 9.23 Å². The van der Waals surface area contributed by atoms with E-state index in [4.69, 9.17) is 4.74 Å². The summed E-state index contributed by atoms with van der Waals surface area (Å²) in [6.07, 6.45) is 0.366. The van der Waals surface area contributed by atoms with Crippen molar-refractivity contribution in [1.29, 1.82) is 0 Å². The third-order valence-electron chi connectivity index (χ3n) is 4.07. The maximum atomic E-state index is 5.92. The van der Waals surface area contributed by atoms with Gasteiger partial charge in [0.1, 0.15) is 6.10 Å². The van der Waals surface area contributed by atoms with Gasteiger partial charge in [-0.05, 0) is 17.8 Å². The summed E-state index contributed by atoms with van der Waals surface area (Å²) in [6.45, 7) is 17.7. The van der Waals surface area contributed by atoms with E-state index in [1.807, 2.05) is 0 Å². The van der Waals surface area contributed by atoms with Crippen molar-refractivity contribution in [3.8, 4) is 0 Å². The van der Waals surface area contributed by atoms with Crippen LogP contribution in [0.5, 0.6) is 0 Å². The Labute approximate surface area is 94.9 Å². The van der Waals surface area contributed by atoms with Crippen LogP contribution in [0.25, 0.3) is 0 Å². The van der Waals surface area contributed by atoms with Crippen LogP contribution in [0.15, 0.2) is 12.3 Å². The molecule has 1 saturated heterocycles. The Bertz CT molecular complexity index is 229. The van der Waals surface area contributed by atoms with Crippen LogP contribution in [0.4, 0.5) is 0 Å². The Balaban J connectivity index is 2.86. The first-order valence-electron chi connectivity index (χ1n) is 6.21. The van der Waals surface area contributed by atoms with Gasteiger partial charge in [-0.2, -0.15) is 0 Å². The summed E-state index contributed by atoms with van der Waals surface area (Å²) in [4.78, 5) is 0. The Morgan fingerprint density at radius 2 is 1.67 bits per heavy atom. The van der Waals surface area contributed by atoms with Crippen molar-refractivity contribution in [2.45, 2.75) is 47.6 Å². The third kappa shape index (κ3) is 2.38. The van der Waals surface area contributed by atoms with Gasteiger partial charge in [0, 0.05) is 11.8 Å². The highest BCUT2D eigenvalue weighted by Gasteiger charge is 2.43. The molecule has 88 valence electrons. The summed E-state index contributed by atoms with van der Waals surface area (Å²) >= 11 is 0. The van der Waals surface area contributed by atoms with Crippen LogP contribution < -0.4 is 0 Å². The number of hydrogen-bond acceptors (Lipinski definition) is 1. The Morgan fingerprint density at radius 1 is 1.13 bits per heavy atom. The molecule has 0 aromatic rings. The minimum atomic E-state index is 0.366. The molecule has 0 radical (unpaired) electrons.